The summed E-state index contributed by atoms with van der Waals surface area (Å²) in [6.45, 7) is 2.22. The smallest absolute Gasteiger partial charge is 0.316 e. The number of amides is 1. The Balaban J connectivity index is 1.28. The second-order valence-electron chi connectivity index (χ2n) is 6.59. The van der Waals surface area contributed by atoms with Crippen LogP contribution in [0.5, 0.6) is 0 Å². The molecule has 0 fully saturated rings. The topological polar surface area (TPSA) is 99.2 Å². The number of hydrogen-bond acceptors (Lipinski definition) is 7. The largest absolute Gasteiger partial charge is 0.461 e. The Kier molecular flexibility index (Phi) is 6.32. The third-order valence-corrected chi connectivity index (χ3v) is 5.43. The fraction of sp³-hybridized carbons (Fsp3) is 0.182. The first kappa shape index (κ1) is 20.7. The Morgan fingerprint density at radius 1 is 1.10 bits per heavy atom. The summed E-state index contributed by atoms with van der Waals surface area (Å²) in [5, 5.41) is 13.7. The van der Waals surface area contributed by atoms with Gasteiger partial charge in [0.1, 0.15) is 0 Å². The fourth-order valence-electron chi connectivity index (χ4n) is 3.04. The molecule has 1 amide bonds. The summed E-state index contributed by atoms with van der Waals surface area (Å²) in [7, 11) is 0. The highest BCUT2D eigenvalue weighted by Gasteiger charge is 2.17. The first-order valence-electron chi connectivity index (χ1n) is 9.68. The van der Waals surface area contributed by atoms with Crippen molar-refractivity contribution in [1.29, 1.82) is 0 Å². The lowest BCUT2D eigenvalue weighted by molar-refractivity contribution is -0.144. The molecule has 0 aliphatic carbocycles. The predicted molar refractivity (Wildman–Crippen MR) is 118 cm³/mol. The number of benzene rings is 2. The van der Waals surface area contributed by atoms with Crippen molar-refractivity contribution in [3.05, 3.63) is 60.9 Å². The average molecular weight is 436 g/mol. The van der Waals surface area contributed by atoms with E-state index in [0.717, 1.165) is 10.8 Å². The maximum atomic E-state index is 12.1. The van der Waals surface area contributed by atoms with Gasteiger partial charge in [-0.15, -0.1) is 10.2 Å². The normalized spacial score (nSPS) is 10.9. The van der Waals surface area contributed by atoms with Gasteiger partial charge < -0.3 is 14.5 Å². The van der Waals surface area contributed by atoms with Crippen molar-refractivity contribution in [2.75, 3.05) is 17.7 Å². The highest BCUT2D eigenvalue weighted by atomic mass is 32.2. The predicted octanol–water partition coefficient (Wildman–Crippen LogP) is 3.99. The van der Waals surface area contributed by atoms with E-state index in [4.69, 9.17) is 9.15 Å². The molecule has 4 rings (SSSR count). The van der Waals surface area contributed by atoms with Crippen LogP contribution >= 0.6 is 11.8 Å². The number of furan rings is 1. The summed E-state index contributed by atoms with van der Waals surface area (Å²) in [4.78, 5) is 24.2. The lowest BCUT2D eigenvalue weighted by Crippen LogP contribution is -2.21. The van der Waals surface area contributed by atoms with E-state index in [2.05, 4.69) is 15.5 Å². The van der Waals surface area contributed by atoms with Crippen LogP contribution in [0.1, 0.15) is 6.92 Å². The van der Waals surface area contributed by atoms with E-state index in [-0.39, 0.29) is 12.4 Å². The van der Waals surface area contributed by atoms with Gasteiger partial charge in [-0.2, -0.15) is 0 Å². The lowest BCUT2D eigenvalue weighted by Gasteiger charge is -2.08. The molecule has 158 valence electrons. The van der Waals surface area contributed by atoms with E-state index in [1.54, 1.807) is 18.4 Å². The summed E-state index contributed by atoms with van der Waals surface area (Å²) >= 11 is 1.20. The van der Waals surface area contributed by atoms with Crippen LogP contribution in [-0.4, -0.2) is 39.0 Å². The van der Waals surface area contributed by atoms with Crippen molar-refractivity contribution in [2.24, 2.45) is 0 Å². The highest BCUT2D eigenvalue weighted by Crippen LogP contribution is 2.24. The third-order valence-electron chi connectivity index (χ3n) is 4.49. The van der Waals surface area contributed by atoms with E-state index in [1.807, 2.05) is 54.0 Å². The fourth-order valence-corrected chi connectivity index (χ4v) is 3.84. The number of esters is 1. The Morgan fingerprint density at radius 3 is 2.71 bits per heavy atom. The molecule has 0 radical (unpaired) electrons. The number of thioether (sulfide) groups is 1. The number of carbonyl (C=O) groups is 2. The number of rotatable bonds is 8. The number of nitrogens with one attached hydrogen (secondary N) is 1. The van der Waals surface area contributed by atoms with Gasteiger partial charge in [0.05, 0.1) is 12.0 Å². The summed E-state index contributed by atoms with van der Waals surface area (Å²) in [5.74, 6) is 0.307. The zero-order valence-electron chi connectivity index (χ0n) is 16.8. The minimum atomic E-state index is -0.510. The van der Waals surface area contributed by atoms with Gasteiger partial charge in [0, 0.05) is 12.2 Å². The molecule has 0 saturated carbocycles. The second-order valence-corrected chi connectivity index (χ2v) is 7.53. The summed E-state index contributed by atoms with van der Waals surface area (Å²) < 4.78 is 12.3. The molecule has 8 nitrogen and oxygen atoms in total. The van der Waals surface area contributed by atoms with Crippen LogP contribution in [0.2, 0.25) is 0 Å². The summed E-state index contributed by atoms with van der Waals surface area (Å²) in [6, 6.07) is 17.0. The highest BCUT2D eigenvalue weighted by molar-refractivity contribution is 7.99. The van der Waals surface area contributed by atoms with Crippen molar-refractivity contribution >= 4 is 40.1 Å². The van der Waals surface area contributed by atoms with E-state index in [9.17, 15) is 9.59 Å². The maximum Gasteiger partial charge on any atom is 0.316 e. The van der Waals surface area contributed by atoms with Crippen LogP contribution in [0.25, 0.3) is 22.4 Å². The molecular weight excluding hydrogens is 416 g/mol. The molecule has 0 saturated heterocycles. The van der Waals surface area contributed by atoms with Gasteiger partial charge in [-0.3, -0.25) is 14.2 Å². The van der Waals surface area contributed by atoms with Crippen molar-refractivity contribution in [3.63, 3.8) is 0 Å². The number of ether oxygens (including phenoxy) is 1. The molecule has 0 spiro atoms. The minimum Gasteiger partial charge on any atom is -0.461 e. The summed E-state index contributed by atoms with van der Waals surface area (Å²) in [6.07, 6.45) is 1.57. The van der Waals surface area contributed by atoms with Gasteiger partial charge in [0.2, 0.25) is 0 Å². The lowest BCUT2D eigenvalue weighted by atomic mass is 10.1. The molecule has 4 aromatic rings. The Labute approximate surface area is 182 Å². The van der Waals surface area contributed by atoms with Gasteiger partial charge in [0.25, 0.3) is 5.91 Å². The number of carbonyl (C=O) groups excluding carboxylic acids is 2. The van der Waals surface area contributed by atoms with E-state index in [0.29, 0.717) is 29.0 Å². The molecular formula is C22H20N4O4S. The molecule has 0 bridgehead atoms. The third kappa shape index (κ3) is 4.95. The number of fused-ring (bicyclic) bond motifs is 1. The first-order valence-corrected chi connectivity index (χ1v) is 10.7. The molecule has 31 heavy (non-hydrogen) atoms. The maximum absolute atomic E-state index is 12.1. The van der Waals surface area contributed by atoms with Crippen LogP contribution in [0.3, 0.4) is 0 Å². The van der Waals surface area contributed by atoms with Gasteiger partial charge in [-0.05, 0) is 42.0 Å². The van der Waals surface area contributed by atoms with Crippen LogP contribution in [0, 0.1) is 0 Å². The average Bonchev–Trinajstić information content (AvgIpc) is 3.45. The Morgan fingerprint density at radius 2 is 1.94 bits per heavy atom. The van der Waals surface area contributed by atoms with E-state index >= 15 is 0 Å². The van der Waals surface area contributed by atoms with Crippen LogP contribution in [0.15, 0.2) is 70.4 Å². The Bertz CT molecular complexity index is 1200. The molecule has 2 aromatic heterocycles. The minimum absolute atomic E-state index is 0.0134. The van der Waals surface area contributed by atoms with Crippen molar-refractivity contribution in [1.82, 2.24) is 14.8 Å². The molecule has 1 N–H and O–H groups in total. The van der Waals surface area contributed by atoms with Gasteiger partial charge >= 0.3 is 5.97 Å². The van der Waals surface area contributed by atoms with Crippen LogP contribution in [0.4, 0.5) is 5.69 Å². The SMILES string of the molecule is CCn1c(SCC(=O)OCC(=O)Nc2ccc3ccccc3c2)nnc1-c1ccco1. The molecule has 0 atom stereocenters. The monoisotopic (exact) mass is 436 g/mol. The van der Waals surface area contributed by atoms with Gasteiger partial charge in [-0.1, -0.05) is 42.1 Å². The van der Waals surface area contributed by atoms with Crippen molar-refractivity contribution in [3.8, 4) is 11.6 Å². The number of nitrogens with zero attached hydrogens (tertiary/aromatic N) is 3. The number of aromatic nitrogens is 3. The molecule has 2 aromatic carbocycles. The van der Waals surface area contributed by atoms with Gasteiger partial charge in [0.15, 0.2) is 23.3 Å². The van der Waals surface area contributed by atoms with E-state index in [1.165, 1.54) is 11.8 Å². The summed E-state index contributed by atoms with van der Waals surface area (Å²) in [5.41, 5.74) is 0.649. The zero-order chi connectivity index (χ0) is 21.6. The van der Waals surface area contributed by atoms with Crippen molar-refractivity contribution < 1.29 is 18.7 Å². The van der Waals surface area contributed by atoms with E-state index < -0.39 is 11.9 Å². The number of hydrogen-bond donors (Lipinski definition) is 1. The first-order chi connectivity index (χ1) is 15.1. The zero-order valence-corrected chi connectivity index (χ0v) is 17.6. The van der Waals surface area contributed by atoms with Crippen LogP contribution < -0.4 is 5.32 Å². The molecule has 2 heterocycles. The van der Waals surface area contributed by atoms with Crippen LogP contribution in [-0.2, 0) is 20.9 Å². The number of anilines is 1. The van der Waals surface area contributed by atoms with Gasteiger partial charge in [-0.25, -0.2) is 0 Å². The standard InChI is InChI=1S/C22H20N4O4S/c1-2-26-21(18-8-5-11-29-18)24-25-22(26)31-14-20(28)30-13-19(27)23-17-10-9-15-6-3-4-7-16(15)12-17/h3-12H,2,13-14H2,1H3,(H,23,27). The Hall–Kier alpha value is -3.59. The molecule has 9 heteroatoms. The molecule has 0 unspecified atom stereocenters. The second kappa shape index (κ2) is 9.48. The quantitative estimate of drug-likeness (QED) is 0.329. The molecule has 0 aliphatic heterocycles. The molecule has 0 aliphatic rings. The van der Waals surface area contributed by atoms with Crippen molar-refractivity contribution in [2.45, 2.75) is 18.6 Å².